The molecule has 1 saturated carbocycles. The van der Waals surface area contributed by atoms with E-state index in [0.29, 0.717) is 0 Å². The average Bonchev–Trinajstić information content (AvgIpc) is 2.85. The zero-order valence-electron chi connectivity index (χ0n) is 8.67. The SMILES string of the molecule is OCc1cn(C2CCCC2)nc1C(F)(F)F. The lowest BCUT2D eigenvalue weighted by Crippen LogP contribution is -2.11. The smallest absolute Gasteiger partial charge is 0.392 e. The number of hydrogen-bond donors (Lipinski definition) is 1. The molecule has 90 valence electrons. The summed E-state index contributed by atoms with van der Waals surface area (Å²) in [5.74, 6) is 0. The second-order valence-electron chi connectivity index (χ2n) is 4.08. The molecule has 0 saturated heterocycles. The molecule has 0 aromatic carbocycles. The number of rotatable bonds is 2. The maximum atomic E-state index is 12.5. The minimum atomic E-state index is -4.48. The van der Waals surface area contributed by atoms with Gasteiger partial charge < -0.3 is 5.11 Å². The molecule has 16 heavy (non-hydrogen) atoms. The molecule has 0 bridgehead atoms. The summed E-state index contributed by atoms with van der Waals surface area (Å²) in [6.45, 7) is -0.623. The summed E-state index contributed by atoms with van der Waals surface area (Å²) in [5.41, 5.74) is -1.10. The Kier molecular flexibility index (Phi) is 2.92. The maximum Gasteiger partial charge on any atom is 0.435 e. The van der Waals surface area contributed by atoms with Gasteiger partial charge in [0.15, 0.2) is 5.69 Å². The first-order chi connectivity index (χ1) is 7.52. The lowest BCUT2D eigenvalue weighted by molar-refractivity contribution is -0.142. The van der Waals surface area contributed by atoms with Crippen molar-refractivity contribution in [3.8, 4) is 0 Å². The Hall–Kier alpha value is -1.04. The van der Waals surface area contributed by atoms with Crippen molar-refractivity contribution in [1.82, 2.24) is 9.78 Å². The van der Waals surface area contributed by atoms with E-state index in [9.17, 15) is 13.2 Å². The first-order valence-electron chi connectivity index (χ1n) is 5.28. The van der Waals surface area contributed by atoms with Crippen LogP contribution in [0, 0.1) is 0 Å². The number of aromatic nitrogens is 2. The van der Waals surface area contributed by atoms with E-state index in [-0.39, 0.29) is 11.6 Å². The van der Waals surface area contributed by atoms with Crippen LogP contribution in [0.5, 0.6) is 0 Å². The summed E-state index contributed by atoms with van der Waals surface area (Å²) < 4.78 is 39.0. The largest absolute Gasteiger partial charge is 0.435 e. The van der Waals surface area contributed by atoms with Gasteiger partial charge in [0.2, 0.25) is 0 Å². The van der Waals surface area contributed by atoms with Crippen molar-refractivity contribution < 1.29 is 18.3 Å². The molecule has 1 aliphatic carbocycles. The van der Waals surface area contributed by atoms with E-state index in [1.165, 1.54) is 10.9 Å². The van der Waals surface area contributed by atoms with Crippen LogP contribution in [0.15, 0.2) is 6.20 Å². The van der Waals surface area contributed by atoms with Crippen LogP contribution in [0.2, 0.25) is 0 Å². The Morgan fingerprint density at radius 2 is 2.00 bits per heavy atom. The summed E-state index contributed by atoms with van der Waals surface area (Å²) in [6.07, 6.45) is 0.620. The number of halogens is 3. The minimum absolute atomic E-state index is 0.0569. The Labute approximate surface area is 90.9 Å². The van der Waals surface area contributed by atoms with Crippen molar-refractivity contribution in [2.45, 2.75) is 44.5 Å². The van der Waals surface area contributed by atoms with E-state index in [2.05, 4.69) is 5.10 Å². The number of aliphatic hydroxyl groups excluding tert-OH is 1. The molecule has 1 aromatic rings. The normalized spacial score (nSPS) is 18.2. The molecule has 3 nitrogen and oxygen atoms in total. The third kappa shape index (κ3) is 2.07. The molecule has 6 heteroatoms. The van der Waals surface area contributed by atoms with Crippen LogP contribution in [0.1, 0.15) is 43.0 Å². The van der Waals surface area contributed by atoms with Gasteiger partial charge in [0.25, 0.3) is 0 Å². The molecule has 0 radical (unpaired) electrons. The monoisotopic (exact) mass is 234 g/mol. The number of hydrogen-bond acceptors (Lipinski definition) is 2. The molecule has 0 atom stereocenters. The molecule has 1 aromatic heterocycles. The fourth-order valence-corrected chi connectivity index (χ4v) is 2.14. The molecule has 1 fully saturated rings. The van der Waals surface area contributed by atoms with E-state index in [4.69, 9.17) is 5.11 Å². The third-order valence-electron chi connectivity index (χ3n) is 2.95. The quantitative estimate of drug-likeness (QED) is 0.853. The lowest BCUT2D eigenvalue weighted by Gasteiger charge is -2.09. The summed E-state index contributed by atoms with van der Waals surface area (Å²) >= 11 is 0. The number of aliphatic hydroxyl groups is 1. The van der Waals surface area contributed by atoms with Crippen molar-refractivity contribution in [2.24, 2.45) is 0 Å². The van der Waals surface area contributed by atoms with Crippen LogP contribution < -0.4 is 0 Å². The van der Waals surface area contributed by atoms with Gasteiger partial charge in [-0.25, -0.2) is 0 Å². The molecular weight excluding hydrogens is 221 g/mol. The van der Waals surface area contributed by atoms with E-state index in [1.54, 1.807) is 0 Å². The predicted octanol–water partition coefficient (Wildman–Crippen LogP) is 2.51. The van der Waals surface area contributed by atoms with Crippen molar-refractivity contribution in [1.29, 1.82) is 0 Å². The van der Waals surface area contributed by atoms with Crippen LogP contribution >= 0.6 is 0 Å². The van der Waals surface area contributed by atoms with Crippen LogP contribution in [-0.2, 0) is 12.8 Å². The van der Waals surface area contributed by atoms with Crippen molar-refractivity contribution in [3.63, 3.8) is 0 Å². The lowest BCUT2D eigenvalue weighted by atomic mass is 10.2. The molecule has 1 heterocycles. The fraction of sp³-hybridized carbons (Fsp3) is 0.700. The average molecular weight is 234 g/mol. The van der Waals surface area contributed by atoms with Crippen molar-refractivity contribution in [2.75, 3.05) is 0 Å². The molecule has 0 amide bonds. The summed E-state index contributed by atoms with van der Waals surface area (Å²) in [6, 6.07) is 0.0569. The second kappa shape index (κ2) is 4.08. The Bertz CT molecular complexity index is 367. The van der Waals surface area contributed by atoms with Crippen molar-refractivity contribution in [3.05, 3.63) is 17.5 Å². The molecule has 1 aliphatic rings. The molecule has 0 aliphatic heterocycles. The Balaban J connectivity index is 2.31. The Morgan fingerprint density at radius 1 is 1.38 bits per heavy atom. The van der Waals surface area contributed by atoms with E-state index in [1.807, 2.05) is 0 Å². The standard InChI is InChI=1S/C10H13F3N2O/c11-10(12,13)9-7(6-16)5-15(14-9)8-3-1-2-4-8/h5,8,16H,1-4,6H2. The molecule has 0 unspecified atom stereocenters. The topological polar surface area (TPSA) is 38.0 Å². The zero-order chi connectivity index (χ0) is 11.8. The number of nitrogens with zero attached hydrogens (tertiary/aromatic N) is 2. The van der Waals surface area contributed by atoms with E-state index >= 15 is 0 Å². The van der Waals surface area contributed by atoms with Gasteiger partial charge >= 0.3 is 6.18 Å². The van der Waals surface area contributed by atoms with Gasteiger partial charge in [0.05, 0.1) is 12.6 Å². The van der Waals surface area contributed by atoms with Crippen LogP contribution in [0.25, 0.3) is 0 Å². The van der Waals surface area contributed by atoms with Gasteiger partial charge in [-0.1, -0.05) is 12.8 Å². The highest BCUT2D eigenvalue weighted by molar-refractivity contribution is 5.19. The van der Waals surface area contributed by atoms with Gasteiger partial charge in [-0.3, -0.25) is 4.68 Å². The second-order valence-corrected chi connectivity index (χ2v) is 4.08. The Morgan fingerprint density at radius 3 is 2.44 bits per heavy atom. The highest BCUT2D eigenvalue weighted by Gasteiger charge is 2.37. The van der Waals surface area contributed by atoms with Crippen molar-refractivity contribution >= 4 is 0 Å². The highest BCUT2D eigenvalue weighted by Crippen LogP contribution is 2.34. The van der Waals surface area contributed by atoms with Gasteiger partial charge in [-0.05, 0) is 12.8 Å². The summed E-state index contributed by atoms with van der Waals surface area (Å²) in [5, 5.41) is 12.5. The highest BCUT2D eigenvalue weighted by atomic mass is 19.4. The molecule has 2 rings (SSSR count). The zero-order valence-corrected chi connectivity index (χ0v) is 8.67. The third-order valence-corrected chi connectivity index (χ3v) is 2.95. The molecule has 1 N–H and O–H groups in total. The number of alkyl halides is 3. The van der Waals surface area contributed by atoms with Gasteiger partial charge in [0, 0.05) is 11.8 Å². The molecular formula is C10H13F3N2O. The van der Waals surface area contributed by atoms with Gasteiger partial charge in [-0.15, -0.1) is 0 Å². The first-order valence-corrected chi connectivity index (χ1v) is 5.28. The molecule has 0 spiro atoms. The summed E-state index contributed by atoms with van der Waals surface area (Å²) in [4.78, 5) is 0. The first kappa shape index (κ1) is 11.4. The minimum Gasteiger partial charge on any atom is -0.392 e. The maximum absolute atomic E-state index is 12.5. The van der Waals surface area contributed by atoms with E-state index in [0.717, 1.165) is 25.7 Å². The van der Waals surface area contributed by atoms with E-state index < -0.39 is 18.5 Å². The van der Waals surface area contributed by atoms with Crippen LogP contribution in [0.3, 0.4) is 0 Å². The fourth-order valence-electron chi connectivity index (χ4n) is 2.14. The van der Waals surface area contributed by atoms with Crippen LogP contribution in [0.4, 0.5) is 13.2 Å². The van der Waals surface area contributed by atoms with Gasteiger partial charge in [0.1, 0.15) is 0 Å². The summed E-state index contributed by atoms with van der Waals surface area (Å²) in [7, 11) is 0. The predicted molar refractivity (Wildman–Crippen MR) is 50.7 cm³/mol. The van der Waals surface area contributed by atoms with Gasteiger partial charge in [-0.2, -0.15) is 18.3 Å². The van der Waals surface area contributed by atoms with Crippen LogP contribution in [-0.4, -0.2) is 14.9 Å².